The second kappa shape index (κ2) is 7.18. The first-order valence-corrected chi connectivity index (χ1v) is 8.54. The summed E-state index contributed by atoms with van der Waals surface area (Å²) in [6, 6.07) is 8.15. The Morgan fingerprint density at radius 2 is 2.04 bits per heavy atom. The van der Waals surface area contributed by atoms with Crippen LogP contribution >= 0.6 is 0 Å². The molecule has 1 aromatic heterocycles. The maximum Gasteiger partial charge on any atom is 0.308 e. The van der Waals surface area contributed by atoms with Gasteiger partial charge in [-0.3, -0.25) is 9.48 Å². The first-order valence-electron chi connectivity index (χ1n) is 8.54. The first kappa shape index (κ1) is 16.7. The molecule has 1 aromatic carbocycles. The Morgan fingerprint density at radius 1 is 1.25 bits per heavy atom. The average Bonchev–Trinajstić information content (AvgIpc) is 3.14. The Hall–Kier alpha value is -2.14. The number of aryl methyl sites for hydroxylation is 3. The van der Waals surface area contributed by atoms with Crippen LogP contribution in [0.5, 0.6) is 0 Å². The van der Waals surface area contributed by atoms with Gasteiger partial charge < -0.3 is 10.0 Å². The van der Waals surface area contributed by atoms with Crippen molar-refractivity contribution >= 4 is 5.97 Å². The number of benzene rings is 1. The Bertz CT molecular complexity index is 710. The Kier molecular flexibility index (Phi) is 5.00. The summed E-state index contributed by atoms with van der Waals surface area (Å²) in [5, 5.41) is 13.9. The van der Waals surface area contributed by atoms with Crippen molar-refractivity contribution in [1.29, 1.82) is 0 Å². The maximum atomic E-state index is 11.7. The molecule has 5 heteroatoms. The van der Waals surface area contributed by atoms with E-state index in [0.717, 1.165) is 26.1 Å². The molecule has 1 aliphatic heterocycles. The molecule has 0 aliphatic carbocycles. The van der Waals surface area contributed by atoms with E-state index >= 15 is 0 Å². The summed E-state index contributed by atoms with van der Waals surface area (Å²) in [4.78, 5) is 14.0. The normalized spacial score (nSPS) is 21.2. The molecule has 0 radical (unpaired) electrons. The van der Waals surface area contributed by atoms with E-state index in [1.54, 1.807) is 0 Å². The average molecular weight is 327 g/mol. The third kappa shape index (κ3) is 3.67. The lowest BCUT2D eigenvalue weighted by atomic mass is 9.86. The monoisotopic (exact) mass is 327 g/mol. The van der Waals surface area contributed by atoms with Crippen LogP contribution in [0.4, 0.5) is 0 Å². The fourth-order valence-electron chi connectivity index (χ4n) is 3.68. The number of carbonyl (C=O) groups is 1. The molecule has 1 aliphatic rings. The van der Waals surface area contributed by atoms with Crippen LogP contribution in [0.3, 0.4) is 0 Å². The zero-order valence-electron chi connectivity index (χ0n) is 14.4. The van der Waals surface area contributed by atoms with Crippen LogP contribution in [0.1, 0.15) is 29.0 Å². The van der Waals surface area contributed by atoms with Gasteiger partial charge in [-0.15, -0.1) is 0 Å². The largest absolute Gasteiger partial charge is 0.481 e. The quantitative estimate of drug-likeness (QED) is 0.886. The Labute approximate surface area is 142 Å². The van der Waals surface area contributed by atoms with E-state index in [-0.39, 0.29) is 11.8 Å². The molecule has 0 saturated carbocycles. The van der Waals surface area contributed by atoms with Gasteiger partial charge in [-0.25, -0.2) is 0 Å². The molecular weight excluding hydrogens is 302 g/mol. The molecule has 2 heterocycles. The summed E-state index contributed by atoms with van der Waals surface area (Å²) < 4.78 is 1.96. The number of carboxylic acid groups (broad SMARTS) is 1. The second-order valence-corrected chi connectivity index (χ2v) is 6.80. The van der Waals surface area contributed by atoms with E-state index in [1.165, 1.54) is 16.7 Å². The summed E-state index contributed by atoms with van der Waals surface area (Å²) in [5.74, 6) is -0.929. The number of aliphatic carboxylic acids is 1. The van der Waals surface area contributed by atoms with Crippen molar-refractivity contribution in [1.82, 2.24) is 14.7 Å². The third-order valence-corrected chi connectivity index (χ3v) is 4.92. The number of carboxylic acids is 1. The zero-order chi connectivity index (χ0) is 17.1. The molecule has 1 saturated heterocycles. The third-order valence-electron chi connectivity index (χ3n) is 4.92. The number of nitrogens with zero attached hydrogens (tertiary/aromatic N) is 3. The van der Waals surface area contributed by atoms with E-state index in [2.05, 4.69) is 29.1 Å². The van der Waals surface area contributed by atoms with Gasteiger partial charge in [0.15, 0.2) is 0 Å². The molecular formula is C19H25N3O2. The fraction of sp³-hybridized carbons (Fsp3) is 0.474. The molecule has 0 amide bonds. The number of aromatic nitrogens is 2. The smallest absolute Gasteiger partial charge is 0.308 e. The van der Waals surface area contributed by atoms with E-state index in [1.807, 2.05) is 36.1 Å². The van der Waals surface area contributed by atoms with Crippen LogP contribution in [0.25, 0.3) is 0 Å². The predicted octanol–water partition coefficient (Wildman–Crippen LogP) is 2.69. The van der Waals surface area contributed by atoms with Gasteiger partial charge in [-0.05, 0) is 43.5 Å². The lowest BCUT2D eigenvalue weighted by Gasteiger charge is -2.18. The van der Waals surface area contributed by atoms with Crippen molar-refractivity contribution in [2.75, 3.05) is 19.6 Å². The molecule has 0 bridgehead atoms. The Morgan fingerprint density at radius 3 is 2.71 bits per heavy atom. The minimum absolute atomic E-state index is 0.0793. The minimum Gasteiger partial charge on any atom is -0.481 e. The number of likely N-dealkylation sites (tertiary alicyclic amines) is 1. The molecule has 128 valence electrons. The highest BCUT2D eigenvalue weighted by molar-refractivity contribution is 5.72. The fourth-order valence-corrected chi connectivity index (χ4v) is 3.68. The molecule has 5 nitrogen and oxygen atoms in total. The zero-order valence-corrected chi connectivity index (χ0v) is 14.4. The predicted molar refractivity (Wildman–Crippen MR) is 93.1 cm³/mol. The summed E-state index contributed by atoms with van der Waals surface area (Å²) >= 11 is 0. The highest BCUT2D eigenvalue weighted by atomic mass is 16.4. The van der Waals surface area contributed by atoms with E-state index in [4.69, 9.17) is 0 Å². The van der Waals surface area contributed by atoms with Gasteiger partial charge in [-0.1, -0.05) is 24.3 Å². The highest BCUT2D eigenvalue weighted by Gasteiger charge is 2.38. The van der Waals surface area contributed by atoms with Crippen LogP contribution in [0, 0.1) is 19.8 Å². The van der Waals surface area contributed by atoms with Gasteiger partial charge in [0.2, 0.25) is 0 Å². The molecule has 1 N–H and O–H groups in total. The van der Waals surface area contributed by atoms with Gasteiger partial charge in [0.25, 0.3) is 0 Å². The molecule has 3 rings (SSSR count). The van der Waals surface area contributed by atoms with Gasteiger partial charge in [0, 0.05) is 31.7 Å². The van der Waals surface area contributed by atoms with Crippen molar-refractivity contribution in [3.05, 3.63) is 53.3 Å². The van der Waals surface area contributed by atoms with Crippen molar-refractivity contribution in [3.63, 3.8) is 0 Å². The maximum absolute atomic E-state index is 11.7. The van der Waals surface area contributed by atoms with Crippen LogP contribution in [0.15, 0.2) is 36.7 Å². The summed E-state index contributed by atoms with van der Waals surface area (Å²) in [5.41, 5.74) is 3.53. The topological polar surface area (TPSA) is 58.4 Å². The molecule has 0 spiro atoms. The number of rotatable bonds is 6. The number of hydrogen-bond donors (Lipinski definition) is 1. The highest BCUT2D eigenvalue weighted by Crippen LogP contribution is 2.34. The molecule has 0 unspecified atom stereocenters. The van der Waals surface area contributed by atoms with Gasteiger partial charge >= 0.3 is 5.97 Å². The van der Waals surface area contributed by atoms with Crippen LogP contribution in [-0.2, 0) is 11.3 Å². The van der Waals surface area contributed by atoms with Crippen molar-refractivity contribution in [3.8, 4) is 0 Å². The van der Waals surface area contributed by atoms with E-state index in [9.17, 15) is 9.90 Å². The van der Waals surface area contributed by atoms with Crippen LogP contribution in [-0.4, -0.2) is 45.4 Å². The molecule has 2 aromatic rings. The van der Waals surface area contributed by atoms with Crippen molar-refractivity contribution in [2.45, 2.75) is 32.7 Å². The second-order valence-electron chi connectivity index (χ2n) is 6.80. The lowest BCUT2D eigenvalue weighted by molar-refractivity contribution is -0.141. The standard InChI is InChI=1S/C19H25N3O2/c1-14-10-20-22(11-14)9-5-8-21-12-17(18(13-21)19(23)24)16-7-4-3-6-15(16)2/h3-4,6-7,10-11,17-18H,5,8-9,12-13H2,1-2H3,(H,23,24)/t17-,18+/m1/s1. The van der Waals surface area contributed by atoms with E-state index < -0.39 is 5.97 Å². The number of hydrogen-bond acceptors (Lipinski definition) is 3. The lowest BCUT2D eigenvalue weighted by Crippen LogP contribution is -2.25. The molecule has 1 fully saturated rings. The van der Waals surface area contributed by atoms with Crippen LogP contribution in [0.2, 0.25) is 0 Å². The molecule has 2 atom stereocenters. The van der Waals surface area contributed by atoms with Crippen LogP contribution < -0.4 is 0 Å². The SMILES string of the molecule is Cc1cnn(CCCN2C[C@H](C(=O)O)[C@@H](c3ccccc3C)C2)c1. The molecule has 24 heavy (non-hydrogen) atoms. The van der Waals surface area contributed by atoms with Gasteiger partial charge in [-0.2, -0.15) is 5.10 Å². The van der Waals surface area contributed by atoms with Crippen molar-refractivity contribution < 1.29 is 9.90 Å². The first-order chi connectivity index (χ1) is 11.5. The van der Waals surface area contributed by atoms with E-state index in [0.29, 0.717) is 6.54 Å². The minimum atomic E-state index is -0.687. The van der Waals surface area contributed by atoms with Crippen molar-refractivity contribution in [2.24, 2.45) is 5.92 Å². The summed E-state index contributed by atoms with van der Waals surface area (Å²) in [6.45, 7) is 7.33. The summed E-state index contributed by atoms with van der Waals surface area (Å²) in [7, 11) is 0. The van der Waals surface area contributed by atoms with Gasteiger partial charge in [0.1, 0.15) is 0 Å². The summed E-state index contributed by atoms with van der Waals surface area (Å²) in [6.07, 6.45) is 4.89. The Balaban J connectivity index is 1.62. The van der Waals surface area contributed by atoms with Gasteiger partial charge in [0.05, 0.1) is 12.1 Å².